The minimum Gasteiger partial charge on any atom is -0.351 e. The maximum absolute atomic E-state index is 12.0. The zero-order chi connectivity index (χ0) is 13.0. The van der Waals surface area contributed by atoms with Crippen LogP contribution in [0.25, 0.3) is 0 Å². The SMILES string of the molecule is O=C(NCC1CCCCS1)c1ccc(Br)cc1S. The highest BCUT2D eigenvalue weighted by Crippen LogP contribution is 2.24. The number of nitrogens with one attached hydrogen (secondary N) is 1. The molecule has 0 aliphatic carbocycles. The number of thioether (sulfide) groups is 1. The first-order chi connectivity index (χ1) is 8.66. The summed E-state index contributed by atoms with van der Waals surface area (Å²) in [6.45, 7) is 0.757. The fraction of sp³-hybridized carbons (Fsp3) is 0.462. The molecule has 2 rings (SSSR count). The number of thiol groups is 1. The van der Waals surface area contributed by atoms with E-state index in [4.69, 9.17) is 0 Å². The first-order valence-corrected chi connectivity index (χ1v) is 8.34. The third-order valence-corrected chi connectivity index (χ3v) is 5.23. The summed E-state index contributed by atoms with van der Waals surface area (Å²) in [4.78, 5) is 12.7. The van der Waals surface area contributed by atoms with Crippen molar-refractivity contribution in [3.63, 3.8) is 0 Å². The molecule has 18 heavy (non-hydrogen) atoms. The molecule has 1 unspecified atom stereocenters. The zero-order valence-electron chi connectivity index (χ0n) is 9.99. The van der Waals surface area contributed by atoms with Crippen LogP contribution >= 0.6 is 40.3 Å². The Morgan fingerprint density at radius 3 is 3.00 bits per heavy atom. The lowest BCUT2D eigenvalue weighted by atomic mass is 10.1. The molecule has 2 nitrogen and oxygen atoms in total. The van der Waals surface area contributed by atoms with Gasteiger partial charge in [0.15, 0.2) is 0 Å². The number of carbonyl (C=O) groups is 1. The van der Waals surface area contributed by atoms with Crippen LogP contribution in [0.1, 0.15) is 29.6 Å². The predicted octanol–water partition coefficient (Wildman–Crippen LogP) is 3.75. The van der Waals surface area contributed by atoms with E-state index in [0.29, 0.717) is 15.7 Å². The van der Waals surface area contributed by atoms with Gasteiger partial charge in [-0.3, -0.25) is 4.79 Å². The molecule has 1 aliphatic rings. The van der Waals surface area contributed by atoms with Crippen LogP contribution in [0.4, 0.5) is 0 Å². The Kier molecular flexibility index (Phi) is 5.45. The van der Waals surface area contributed by atoms with Crippen molar-refractivity contribution in [2.75, 3.05) is 12.3 Å². The van der Waals surface area contributed by atoms with Crippen molar-refractivity contribution in [1.29, 1.82) is 0 Å². The van der Waals surface area contributed by atoms with Crippen molar-refractivity contribution in [3.8, 4) is 0 Å². The molecule has 1 heterocycles. The van der Waals surface area contributed by atoms with E-state index < -0.39 is 0 Å². The number of benzene rings is 1. The molecule has 1 N–H and O–H groups in total. The Hall–Kier alpha value is -0.130. The molecule has 1 amide bonds. The summed E-state index contributed by atoms with van der Waals surface area (Å²) in [6, 6.07) is 5.51. The second kappa shape index (κ2) is 6.87. The third-order valence-electron chi connectivity index (χ3n) is 2.97. The lowest BCUT2D eigenvalue weighted by molar-refractivity contribution is 0.0950. The van der Waals surface area contributed by atoms with Crippen LogP contribution in [-0.4, -0.2) is 23.5 Å². The molecule has 1 saturated heterocycles. The Morgan fingerprint density at radius 1 is 1.50 bits per heavy atom. The molecule has 0 saturated carbocycles. The number of halogens is 1. The average Bonchev–Trinajstić information content (AvgIpc) is 2.37. The molecule has 0 radical (unpaired) electrons. The van der Waals surface area contributed by atoms with Crippen LogP contribution in [0.15, 0.2) is 27.6 Å². The van der Waals surface area contributed by atoms with E-state index in [-0.39, 0.29) is 5.91 Å². The number of hydrogen-bond donors (Lipinski definition) is 2. The molecular formula is C13H16BrNOS2. The van der Waals surface area contributed by atoms with Crippen LogP contribution in [-0.2, 0) is 0 Å². The Bertz CT molecular complexity index is 433. The molecule has 1 aliphatic heterocycles. The summed E-state index contributed by atoms with van der Waals surface area (Å²) >= 11 is 9.66. The molecule has 1 aromatic carbocycles. The standard InChI is InChI=1S/C13H16BrNOS2/c14-9-4-5-11(12(17)7-9)13(16)15-8-10-3-1-2-6-18-10/h4-5,7,10,17H,1-3,6,8H2,(H,15,16). The fourth-order valence-corrected chi connectivity index (χ4v) is 4.06. The smallest absolute Gasteiger partial charge is 0.252 e. The van der Waals surface area contributed by atoms with Crippen molar-refractivity contribution in [2.24, 2.45) is 0 Å². The van der Waals surface area contributed by atoms with E-state index in [1.165, 1.54) is 25.0 Å². The lowest BCUT2D eigenvalue weighted by Gasteiger charge is -2.21. The number of hydrogen-bond acceptors (Lipinski definition) is 3. The summed E-state index contributed by atoms with van der Waals surface area (Å²) in [5.41, 5.74) is 0.641. The van der Waals surface area contributed by atoms with Gasteiger partial charge < -0.3 is 5.32 Å². The van der Waals surface area contributed by atoms with Crippen molar-refractivity contribution < 1.29 is 4.79 Å². The highest BCUT2D eigenvalue weighted by atomic mass is 79.9. The number of rotatable bonds is 3. The maximum Gasteiger partial charge on any atom is 0.252 e. The average molecular weight is 346 g/mol. The van der Waals surface area contributed by atoms with Crippen molar-refractivity contribution in [3.05, 3.63) is 28.2 Å². The number of carbonyl (C=O) groups excluding carboxylic acids is 1. The van der Waals surface area contributed by atoms with Gasteiger partial charge in [-0.25, -0.2) is 0 Å². The van der Waals surface area contributed by atoms with Gasteiger partial charge in [0, 0.05) is 21.2 Å². The van der Waals surface area contributed by atoms with E-state index in [1.807, 2.05) is 23.9 Å². The first kappa shape index (κ1) is 14.3. The van der Waals surface area contributed by atoms with E-state index >= 15 is 0 Å². The highest BCUT2D eigenvalue weighted by Gasteiger charge is 2.16. The molecule has 1 fully saturated rings. The first-order valence-electron chi connectivity index (χ1n) is 6.05. The monoisotopic (exact) mass is 345 g/mol. The van der Waals surface area contributed by atoms with Gasteiger partial charge in [-0.05, 0) is 36.8 Å². The van der Waals surface area contributed by atoms with Gasteiger partial charge in [-0.15, -0.1) is 12.6 Å². The quantitative estimate of drug-likeness (QED) is 0.816. The van der Waals surface area contributed by atoms with Crippen LogP contribution in [0.5, 0.6) is 0 Å². The van der Waals surface area contributed by atoms with Gasteiger partial charge >= 0.3 is 0 Å². The highest BCUT2D eigenvalue weighted by molar-refractivity contribution is 9.10. The molecule has 5 heteroatoms. The van der Waals surface area contributed by atoms with Gasteiger partial charge in [0.2, 0.25) is 0 Å². The summed E-state index contributed by atoms with van der Waals surface area (Å²) < 4.78 is 0.937. The predicted molar refractivity (Wildman–Crippen MR) is 83.8 cm³/mol. The minimum absolute atomic E-state index is 0.0290. The van der Waals surface area contributed by atoms with Gasteiger partial charge in [-0.1, -0.05) is 22.4 Å². The van der Waals surface area contributed by atoms with E-state index in [1.54, 1.807) is 6.07 Å². The molecule has 0 bridgehead atoms. The van der Waals surface area contributed by atoms with E-state index in [9.17, 15) is 4.79 Å². The van der Waals surface area contributed by atoms with Crippen molar-refractivity contribution in [1.82, 2.24) is 5.32 Å². The largest absolute Gasteiger partial charge is 0.351 e. The van der Waals surface area contributed by atoms with Crippen molar-refractivity contribution >= 4 is 46.2 Å². The summed E-state index contributed by atoms with van der Waals surface area (Å²) in [5, 5.41) is 3.58. The summed E-state index contributed by atoms with van der Waals surface area (Å²) in [6.07, 6.45) is 3.80. The molecule has 1 atom stereocenters. The van der Waals surface area contributed by atoms with Crippen LogP contribution in [0.2, 0.25) is 0 Å². The molecule has 0 aromatic heterocycles. The van der Waals surface area contributed by atoms with E-state index in [0.717, 1.165) is 11.0 Å². The second-order valence-corrected chi connectivity index (χ2v) is 7.17. The Balaban J connectivity index is 1.90. The lowest BCUT2D eigenvalue weighted by Crippen LogP contribution is -2.32. The van der Waals surface area contributed by atoms with Gasteiger partial charge in [0.25, 0.3) is 5.91 Å². The fourth-order valence-electron chi connectivity index (χ4n) is 1.97. The second-order valence-electron chi connectivity index (χ2n) is 4.36. The third kappa shape index (κ3) is 3.93. The topological polar surface area (TPSA) is 29.1 Å². The molecule has 1 aromatic rings. The molecule has 98 valence electrons. The van der Waals surface area contributed by atoms with Crippen LogP contribution in [0, 0.1) is 0 Å². The minimum atomic E-state index is -0.0290. The van der Waals surface area contributed by atoms with Crippen LogP contribution in [0.3, 0.4) is 0 Å². The summed E-state index contributed by atoms with van der Waals surface area (Å²) in [7, 11) is 0. The van der Waals surface area contributed by atoms with Gasteiger partial charge in [-0.2, -0.15) is 11.8 Å². The molecule has 0 spiro atoms. The maximum atomic E-state index is 12.0. The van der Waals surface area contributed by atoms with E-state index in [2.05, 4.69) is 33.9 Å². The Morgan fingerprint density at radius 2 is 2.33 bits per heavy atom. The normalized spacial score (nSPS) is 19.6. The van der Waals surface area contributed by atoms with Gasteiger partial charge in [0.05, 0.1) is 5.56 Å². The molecular weight excluding hydrogens is 330 g/mol. The van der Waals surface area contributed by atoms with Gasteiger partial charge in [0.1, 0.15) is 0 Å². The summed E-state index contributed by atoms with van der Waals surface area (Å²) in [5.74, 6) is 1.19. The van der Waals surface area contributed by atoms with Crippen LogP contribution < -0.4 is 5.32 Å². The number of amides is 1. The van der Waals surface area contributed by atoms with Crippen molar-refractivity contribution in [2.45, 2.75) is 29.4 Å². The Labute approximate surface area is 126 Å². The zero-order valence-corrected chi connectivity index (χ0v) is 13.3.